The number of carbonyl (C=O) groups excluding carboxylic acids is 2. The number of nitriles is 1. The minimum Gasteiger partial charge on any atom is -0.335 e. The Bertz CT molecular complexity index is 900. The van der Waals surface area contributed by atoms with E-state index in [4.69, 9.17) is 28.5 Å². The van der Waals surface area contributed by atoms with Gasteiger partial charge >= 0.3 is 0 Å². The SMILES string of the molecule is N#Cc1cccc(C(=O)N2CCN(C(=O)c3cccc(Cl)c3Cl)CC2)c1. The standard InChI is InChI=1S/C19H15Cl2N3O2/c20-16-6-2-5-15(17(16)21)19(26)24-9-7-23(8-10-24)18(25)14-4-1-3-13(11-14)12-22/h1-6,11H,7-10H2. The predicted molar refractivity (Wildman–Crippen MR) is 99.4 cm³/mol. The number of piperazine rings is 1. The molecule has 26 heavy (non-hydrogen) atoms. The van der Waals surface area contributed by atoms with Crippen LogP contribution in [0.25, 0.3) is 0 Å². The van der Waals surface area contributed by atoms with Crippen LogP contribution in [0.3, 0.4) is 0 Å². The molecule has 0 aliphatic carbocycles. The van der Waals surface area contributed by atoms with Crippen molar-refractivity contribution < 1.29 is 9.59 Å². The first-order valence-corrected chi connectivity index (χ1v) is 8.79. The van der Waals surface area contributed by atoms with Crippen molar-refractivity contribution in [2.75, 3.05) is 26.2 Å². The number of amides is 2. The van der Waals surface area contributed by atoms with Gasteiger partial charge in [-0.1, -0.05) is 35.3 Å². The first-order chi connectivity index (χ1) is 12.5. The second kappa shape index (κ2) is 7.77. The normalized spacial score (nSPS) is 14.0. The summed E-state index contributed by atoms with van der Waals surface area (Å²) < 4.78 is 0. The predicted octanol–water partition coefficient (Wildman–Crippen LogP) is 3.46. The molecule has 1 fully saturated rings. The topological polar surface area (TPSA) is 64.4 Å². The lowest BCUT2D eigenvalue weighted by atomic mass is 10.1. The lowest BCUT2D eigenvalue weighted by Crippen LogP contribution is -2.50. The summed E-state index contributed by atoms with van der Waals surface area (Å²) in [6.45, 7) is 1.65. The molecule has 1 saturated heterocycles. The Hall–Kier alpha value is -2.55. The fraction of sp³-hybridized carbons (Fsp3) is 0.211. The molecule has 2 aromatic rings. The first-order valence-electron chi connectivity index (χ1n) is 8.04. The molecule has 0 aromatic heterocycles. The van der Waals surface area contributed by atoms with Gasteiger partial charge in [-0.2, -0.15) is 5.26 Å². The van der Waals surface area contributed by atoms with E-state index in [9.17, 15) is 9.59 Å². The van der Waals surface area contributed by atoms with Gasteiger partial charge in [-0.05, 0) is 30.3 Å². The molecule has 1 aliphatic rings. The molecule has 0 radical (unpaired) electrons. The molecule has 3 rings (SSSR count). The van der Waals surface area contributed by atoms with Crippen LogP contribution in [0.15, 0.2) is 42.5 Å². The van der Waals surface area contributed by atoms with Crippen molar-refractivity contribution in [2.24, 2.45) is 0 Å². The third-order valence-electron chi connectivity index (χ3n) is 4.27. The molecule has 1 aliphatic heterocycles. The zero-order valence-electron chi connectivity index (χ0n) is 13.8. The monoisotopic (exact) mass is 387 g/mol. The van der Waals surface area contributed by atoms with Crippen LogP contribution in [0.4, 0.5) is 0 Å². The van der Waals surface area contributed by atoms with E-state index < -0.39 is 0 Å². The summed E-state index contributed by atoms with van der Waals surface area (Å²) in [7, 11) is 0. The van der Waals surface area contributed by atoms with E-state index in [1.807, 2.05) is 6.07 Å². The summed E-state index contributed by atoms with van der Waals surface area (Å²) >= 11 is 12.1. The fourth-order valence-electron chi connectivity index (χ4n) is 2.86. The van der Waals surface area contributed by atoms with E-state index in [1.54, 1.807) is 52.3 Å². The molecule has 1 heterocycles. The van der Waals surface area contributed by atoms with E-state index in [0.717, 1.165) is 0 Å². The van der Waals surface area contributed by atoms with Crippen LogP contribution in [-0.4, -0.2) is 47.8 Å². The van der Waals surface area contributed by atoms with Crippen LogP contribution in [-0.2, 0) is 0 Å². The molecule has 0 unspecified atom stereocenters. The van der Waals surface area contributed by atoms with E-state index in [0.29, 0.717) is 47.9 Å². The van der Waals surface area contributed by atoms with Gasteiger partial charge in [-0.15, -0.1) is 0 Å². The van der Waals surface area contributed by atoms with Gasteiger partial charge in [0, 0.05) is 31.7 Å². The zero-order chi connectivity index (χ0) is 18.7. The minimum absolute atomic E-state index is 0.144. The zero-order valence-corrected chi connectivity index (χ0v) is 15.3. The van der Waals surface area contributed by atoms with Crippen molar-refractivity contribution in [3.63, 3.8) is 0 Å². The van der Waals surface area contributed by atoms with Crippen LogP contribution in [0.2, 0.25) is 10.0 Å². The molecule has 0 atom stereocenters. The Kier molecular flexibility index (Phi) is 5.46. The summed E-state index contributed by atoms with van der Waals surface area (Å²) in [4.78, 5) is 28.6. The number of carbonyl (C=O) groups is 2. The Morgan fingerprint density at radius 1 is 0.923 bits per heavy atom. The van der Waals surface area contributed by atoms with Crippen molar-refractivity contribution >= 4 is 35.0 Å². The molecule has 0 bridgehead atoms. The summed E-state index contributed by atoms with van der Waals surface area (Å²) in [5.74, 6) is -0.342. The van der Waals surface area contributed by atoms with E-state index in [2.05, 4.69) is 0 Å². The molecule has 5 nitrogen and oxygen atoms in total. The average molecular weight is 388 g/mol. The Balaban J connectivity index is 1.67. The maximum absolute atomic E-state index is 12.6. The highest BCUT2D eigenvalue weighted by molar-refractivity contribution is 6.43. The lowest BCUT2D eigenvalue weighted by molar-refractivity contribution is 0.0535. The highest BCUT2D eigenvalue weighted by Crippen LogP contribution is 2.27. The van der Waals surface area contributed by atoms with Crippen molar-refractivity contribution in [1.29, 1.82) is 5.26 Å². The smallest absolute Gasteiger partial charge is 0.255 e. The lowest BCUT2D eigenvalue weighted by Gasteiger charge is -2.35. The Labute approximate surface area is 161 Å². The van der Waals surface area contributed by atoms with Gasteiger partial charge < -0.3 is 9.80 Å². The molecule has 0 saturated carbocycles. The van der Waals surface area contributed by atoms with Gasteiger partial charge in [0.15, 0.2) is 0 Å². The van der Waals surface area contributed by atoms with Crippen LogP contribution < -0.4 is 0 Å². The van der Waals surface area contributed by atoms with E-state index >= 15 is 0 Å². The summed E-state index contributed by atoms with van der Waals surface area (Å²) in [5, 5.41) is 9.54. The van der Waals surface area contributed by atoms with Crippen LogP contribution in [0, 0.1) is 11.3 Å². The van der Waals surface area contributed by atoms with Gasteiger partial charge in [0.05, 0.1) is 27.2 Å². The molecule has 2 amide bonds. The number of halogens is 2. The largest absolute Gasteiger partial charge is 0.335 e. The van der Waals surface area contributed by atoms with Gasteiger partial charge in [-0.3, -0.25) is 9.59 Å². The molecule has 132 valence electrons. The molecule has 2 aromatic carbocycles. The molecule has 7 heteroatoms. The second-order valence-corrected chi connectivity index (χ2v) is 6.66. The summed E-state index contributed by atoms with van der Waals surface area (Å²) in [6, 6.07) is 13.6. The second-order valence-electron chi connectivity index (χ2n) is 5.88. The van der Waals surface area contributed by atoms with Gasteiger partial charge in [0.25, 0.3) is 11.8 Å². The Morgan fingerprint density at radius 2 is 1.54 bits per heavy atom. The number of benzene rings is 2. The minimum atomic E-state index is -0.198. The highest BCUT2D eigenvalue weighted by Gasteiger charge is 2.27. The number of hydrogen-bond acceptors (Lipinski definition) is 3. The van der Waals surface area contributed by atoms with Crippen LogP contribution >= 0.6 is 23.2 Å². The van der Waals surface area contributed by atoms with Crippen molar-refractivity contribution in [1.82, 2.24) is 9.80 Å². The molecule has 0 spiro atoms. The number of hydrogen-bond donors (Lipinski definition) is 0. The van der Waals surface area contributed by atoms with Gasteiger partial charge in [0.2, 0.25) is 0 Å². The van der Waals surface area contributed by atoms with Gasteiger partial charge in [-0.25, -0.2) is 0 Å². The summed E-state index contributed by atoms with van der Waals surface area (Å²) in [5.41, 5.74) is 1.28. The molecular weight excluding hydrogens is 373 g/mol. The highest BCUT2D eigenvalue weighted by atomic mass is 35.5. The number of rotatable bonds is 2. The van der Waals surface area contributed by atoms with Gasteiger partial charge in [0.1, 0.15) is 0 Å². The first kappa shape index (κ1) is 18.2. The van der Waals surface area contributed by atoms with Crippen LogP contribution in [0.5, 0.6) is 0 Å². The maximum Gasteiger partial charge on any atom is 0.255 e. The van der Waals surface area contributed by atoms with Crippen LogP contribution in [0.1, 0.15) is 26.3 Å². The third kappa shape index (κ3) is 3.67. The maximum atomic E-state index is 12.6. The Morgan fingerprint density at radius 3 is 2.19 bits per heavy atom. The van der Waals surface area contributed by atoms with E-state index in [1.165, 1.54) is 0 Å². The number of nitrogens with zero attached hydrogens (tertiary/aromatic N) is 3. The average Bonchev–Trinajstić information content (AvgIpc) is 2.69. The fourth-order valence-corrected chi connectivity index (χ4v) is 3.24. The van der Waals surface area contributed by atoms with Crippen molar-refractivity contribution in [3.05, 3.63) is 69.2 Å². The molecule has 0 N–H and O–H groups in total. The quantitative estimate of drug-likeness (QED) is 0.792. The summed E-state index contributed by atoms with van der Waals surface area (Å²) in [6.07, 6.45) is 0. The van der Waals surface area contributed by atoms with Crippen molar-refractivity contribution in [2.45, 2.75) is 0 Å². The third-order valence-corrected chi connectivity index (χ3v) is 5.09. The van der Waals surface area contributed by atoms with Crippen molar-refractivity contribution in [3.8, 4) is 6.07 Å². The van der Waals surface area contributed by atoms with E-state index in [-0.39, 0.29) is 16.8 Å². The molecular formula is C19H15Cl2N3O2.